The number of rotatable bonds is 5. The molecule has 1 aliphatic rings. The molecular formula is C18H17F3N4O3. The number of nitrogens with zero attached hydrogens (tertiary/aromatic N) is 2. The molecule has 1 aromatic carbocycles. The number of carbonyl (C=O) groups excluding carboxylic acids is 1. The Hall–Kier alpha value is -3.30. The predicted molar refractivity (Wildman–Crippen MR) is 94.9 cm³/mol. The van der Waals surface area contributed by atoms with Crippen molar-refractivity contribution in [2.24, 2.45) is 10.7 Å². The summed E-state index contributed by atoms with van der Waals surface area (Å²) in [5, 5.41) is 2.61. The van der Waals surface area contributed by atoms with E-state index in [0.29, 0.717) is 24.3 Å². The minimum absolute atomic E-state index is 0.0176. The van der Waals surface area contributed by atoms with E-state index in [2.05, 4.69) is 20.0 Å². The molecule has 0 aliphatic carbocycles. The summed E-state index contributed by atoms with van der Waals surface area (Å²) in [5.41, 5.74) is 6.51. The predicted octanol–water partition coefficient (Wildman–Crippen LogP) is 3.16. The number of hydrogen-bond donors (Lipinski definition) is 2. The fraction of sp³-hybridized carbons (Fsp3) is 0.278. The van der Waals surface area contributed by atoms with Gasteiger partial charge in [0.05, 0.1) is 18.8 Å². The molecule has 2 heterocycles. The van der Waals surface area contributed by atoms with Gasteiger partial charge in [0.1, 0.15) is 17.3 Å². The summed E-state index contributed by atoms with van der Waals surface area (Å²) in [6.07, 6.45) is 1.48. The highest BCUT2D eigenvalue weighted by Crippen LogP contribution is 2.29. The van der Waals surface area contributed by atoms with E-state index in [9.17, 15) is 18.0 Å². The van der Waals surface area contributed by atoms with Crippen molar-refractivity contribution in [2.45, 2.75) is 26.0 Å². The number of aryl methyl sites for hydroxylation is 1. The van der Waals surface area contributed by atoms with Crippen molar-refractivity contribution in [1.82, 2.24) is 4.98 Å². The molecule has 1 atom stereocenters. The molecule has 1 unspecified atom stereocenters. The van der Waals surface area contributed by atoms with E-state index in [0.717, 1.165) is 6.20 Å². The topological polar surface area (TPSA) is 98.8 Å². The number of carbonyl (C=O) groups is 1. The minimum atomic E-state index is -2.99. The summed E-state index contributed by atoms with van der Waals surface area (Å²) in [4.78, 5) is 20.4. The first-order valence-corrected chi connectivity index (χ1v) is 8.32. The third-order valence-corrected chi connectivity index (χ3v) is 4.03. The lowest BCUT2D eigenvalue weighted by Crippen LogP contribution is -2.24. The van der Waals surface area contributed by atoms with Crippen molar-refractivity contribution in [3.05, 3.63) is 53.1 Å². The first-order chi connectivity index (χ1) is 13.3. The molecule has 0 saturated carbocycles. The van der Waals surface area contributed by atoms with Crippen molar-refractivity contribution in [1.29, 1.82) is 0 Å². The van der Waals surface area contributed by atoms with Crippen LogP contribution in [0.5, 0.6) is 5.75 Å². The van der Waals surface area contributed by atoms with Gasteiger partial charge in [-0.2, -0.15) is 8.78 Å². The number of halogens is 3. The Balaban J connectivity index is 1.79. The minimum Gasteiger partial charge on any atom is -0.465 e. The maximum Gasteiger partial charge on any atom is 0.387 e. The highest BCUT2D eigenvalue weighted by molar-refractivity contribution is 6.03. The van der Waals surface area contributed by atoms with Crippen LogP contribution in [0.2, 0.25) is 0 Å². The van der Waals surface area contributed by atoms with E-state index in [4.69, 9.17) is 10.5 Å². The average Bonchev–Trinajstić information content (AvgIpc) is 2.62. The van der Waals surface area contributed by atoms with Gasteiger partial charge in [0.25, 0.3) is 11.9 Å². The van der Waals surface area contributed by atoms with Gasteiger partial charge in [0.15, 0.2) is 0 Å². The standard InChI is InChI=1S/C18H17F3N4O3/c1-9-6-11(28-17(20)21)8-23-15(9)16(26)24-10-2-3-13(19)12(7-10)14-4-5-27-18(22)25-14/h2-3,6-8,14,17H,4-5H2,1H3,(H2,22,25)(H,24,26). The van der Waals surface area contributed by atoms with Crippen LogP contribution in [0.15, 0.2) is 35.5 Å². The summed E-state index contributed by atoms with van der Waals surface area (Å²) in [7, 11) is 0. The lowest BCUT2D eigenvalue weighted by Gasteiger charge is -2.20. The zero-order valence-corrected chi connectivity index (χ0v) is 14.8. The molecule has 10 heteroatoms. The van der Waals surface area contributed by atoms with E-state index in [1.54, 1.807) is 0 Å². The fourth-order valence-electron chi connectivity index (χ4n) is 2.78. The van der Waals surface area contributed by atoms with Crippen LogP contribution in [-0.4, -0.2) is 30.1 Å². The largest absolute Gasteiger partial charge is 0.465 e. The number of aromatic nitrogens is 1. The molecule has 0 bridgehead atoms. The lowest BCUT2D eigenvalue weighted by molar-refractivity contribution is -0.0501. The van der Waals surface area contributed by atoms with E-state index in [1.165, 1.54) is 31.2 Å². The van der Waals surface area contributed by atoms with Crippen molar-refractivity contribution in [3.8, 4) is 5.75 Å². The Kier molecular flexibility index (Phi) is 5.67. The number of amides is 1. The van der Waals surface area contributed by atoms with Crippen LogP contribution in [0.3, 0.4) is 0 Å². The van der Waals surface area contributed by atoms with Gasteiger partial charge in [-0.25, -0.2) is 14.4 Å². The highest BCUT2D eigenvalue weighted by Gasteiger charge is 2.21. The number of pyridine rings is 1. The van der Waals surface area contributed by atoms with Crippen LogP contribution in [-0.2, 0) is 4.74 Å². The van der Waals surface area contributed by atoms with Crippen LogP contribution >= 0.6 is 0 Å². The number of aliphatic imine (C=N–C) groups is 1. The monoisotopic (exact) mass is 394 g/mol. The Morgan fingerprint density at radius 2 is 2.18 bits per heavy atom. The summed E-state index contributed by atoms with van der Waals surface area (Å²) >= 11 is 0. The molecule has 0 spiro atoms. The molecule has 1 amide bonds. The van der Waals surface area contributed by atoms with Gasteiger partial charge in [-0.3, -0.25) is 4.79 Å². The van der Waals surface area contributed by atoms with E-state index in [1.807, 2.05) is 0 Å². The molecule has 148 valence electrons. The van der Waals surface area contributed by atoms with Gasteiger partial charge in [0.2, 0.25) is 0 Å². The Morgan fingerprint density at radius 3 is 2.86 bits per heavy atom. The van der Waals surface area contributed by atoms with Crippen molar-refractivity contribution in [3.63, 3.8) is 0 Å². The Morgan fingerprint density at radius 1 is 1.39 bits per heavy atom. The number of benzene rings is 1. The van der Waals surface area contributed by atoms with Gasteiger partial charge in [-0.15, -0.1) is 0 Å². The summed E-state index contributed by atoms with van der Waals surface area (Å²) < 4.78 is 48.0. The molecule has 3 rings (SSSR count). The number of nitrogens with one attached hydrogen (secondary N) is 1. The van der Waals surface area contributed by atoms with Crippen LogP contribution in [0.4, 0.5) is 18.9 Å². The number of ether oxygens (including phenoxy) is 2. The van der Waals surface area contributed by atoms with Crippen LogP contribution in [0, 0.1) is 12.7 Å². The van der Waals surface area contributed by atoms with Gasteiger partial charge in [0, 0.05) is 17.7 Å². The normalized spacial score (nSPS) is 16.3. The molecule has 0 radical (unpaired) electrons. The van der Waals surface area contributed by atoms with Crippen LogP contribution in [0.25, 0.3) is 0 Å². The number of amidine groups is 1. The van der Waals surface area contributed by atoms with E-state index < -0.39 is 24.4 Å². The highest BCUT2D eigenvalue weighted by atomic mass is 19.3. The maximum absolute atomic E-state index is 14.2. The van der Waals surface area contributed by atoms with Gasteiger partial charge in [-0.05, 0) is 36.8 Å². The zero-order valence-electron chi connectivity index (χ0n) is 14.8. The molecule has 0 fully saturated rings. The van der Waals surface area contributed by atoms with Gasteiger partial charge < -0.3 is 20.5 Å². The molecule has 7 nitrogen and oxygen atoms in total. The Labute approximate surface area is 158 Å². The molecule has 3 N–H and O–H groups in total. The van der Waals surface area contributed by atoms with Crippen molar-refractivity contribution in [2.75, 3.05) is 11.9 Å². The fourth-order valence-corrected chi connectivity index (χ4v) is 2.78. The lowest BCUT2D eigenvalue weighted by atomic mass is 10.0. The molecule has 1 aliphatic heterocycles. The third-order valence-electron chi connectivity index (χ3n) is 4.03. The molecule has 0 saturated heterocycles. The van der Waals surface area contributed by atoms with Gasteiger partial charge in [-0.1, -0.05) is 0 Å². The Bertz CT molecular complexity index is 921. The second-order valence-electron chi connectivity index (χ2n) is 6.03. The summed E-state index contributed by atoms with van der Waals surface area (Å²) in [5.74, 6) is -1.21. The second kappa shape index (κ2) is 8.15. The first-order valence-electron chi connectivity index (χ1n) is 8.32. The molecule has 2 aromatic rings. The average molecular weight is 394 g/mol. The number of nitrogens with two attached hydrogens (primary N) is 1. The third kappa shape index (κ3) is 4.51. The summed E-state index contributed by atoms with van der Waals surface area (Å²) in [6.45, 7) is -1.14. The van der Waals surface area contributed by atoms with Gasteiger partial charge >= 0.3 is 6.61 Å². The number of alkyl halides is 2. The van der Waals surface area contributed by atoms with Crippen LogP contribution < -0.4 is 15.8 Å². The van der Waals surface area contributed by atoms with Crippen molar-refractivity contribution < 1.29 is 27.4 Å². The zero-order chi connectivity index (χ0) is 20.3. The van der Waals surface area contributed by atoms with E-state index in [-0.39, 0.29) is 23.0 Å². The number of hydrogen-bond acceptors (Lipinski definition) is 6. The van der Waals surface area contributed by atoms with Crippen molar-refractivity contribution >= 4 is 17.6 Å². The quantitative estimate of drug-likeness (QED) is 0.812. The number of anilines is 1. The van der Waals surface area contributed by atoms with Crippen LogP contribution in [0.1, 0.15) is 34.1 Å². The first kappa shape index (κ1) is 19.5. The SMILES string of the molecule is Cc1cc(OC(F)F)cnc1C(=O)Nc1ccc(F)c(C2CCOC(N)=N2)c1. The summed E-state index contributed by atoms with van der Waals surface area (Å²) in [6, 6.07) is 4.82. The molecular weight excluding hydrogens is 377 g/mol. The second-order valence-corrected chi connectivity index (χ2v) is 6.03. The molecule has 28 heavy (non-hydrogen) atoms. The maximum atomic E-state index is 14.2. The molecule has 1 aromatic heterocycles. The van der Waals surface area contributed by atoms with E-state index >= 15 is 0 Å². The smallest absolute Gasteiger partial charge is 0.387 e.